The van der Waals surface area contributed by atoms with Crippen LogP contribution in [0.15, 0.2) is 117 Å². The Kier molecular flexibility index (Phi) is 21.2. The molecule has 33 heteroatoms. The Labute approximate surface area is 692 Å². The number of fused-ring (bicyclic) bond motifs is 10. The highest BCUT2D eigenvalue weighted by atomic mass is 35.5. The van der Waals surface area contributed by atoms with Crippen molar-refractivity contribution in [3.8, 4) is 0 Å². The van der Waals surface area contributed by atoms with Crippen molar-refractivity contribution in [3.63, 3.8) is 0 Å². The molecule has 0 bridgehead atoms. The number of hydrogen-bond acceptors (Lipinski definition) is 18. The van der Waals surface area contributed by atoms with Gasteiger partial charge >= 0.3 is 12.4 Å². The number of benzene rings is 5. The van der Waals surface area contributed by atoms with Gasteiger partial charge in [0.05, 0.1) is 60.5 Å². The standard InChI is InChI=1S/C20H26N4O.C18H21F3N4O.C17H18F3N3O2.C16H18ClN3O2.C16H18FN3O2/c1-20(2,22-19(25)17-14-9-21-10-15(14)17)18-13-5-3-4-6-16(13)24(23-18)11-12-7-8-12;1-17(2,23-16(26)14-11-7-22-8-12(11)14)15-10-5-3-4-6-13(10)25(24-15)9-18(19,20)21;1-16(2,22-15(24)12-9-6-21-7-10(9)12)14-8-4-3-5-11(17(18,19)20)13(8)25-23-14;2*1-16(2,19-15(21)12-9-6-18-7-10(9)12)14-8-4-3-5-11(17)13(8)22-20-14/h3-6,12,14-15,17,21H,7-11H2,1-2H3,(H,22,25);3-6,11-12,14,22H,7-9H2,1-2H3,(H,23,26);3-5,9-10,12,21H,6-7H2,1-2H3,(H,22,24);2*3-5,9-10,12,18H,6-7H2,1-2H3,(H,19,21)/t14-,15+,17?;11-,12+,14?;3*9-,10+,12?. The Bertz CT molecular complexity index is 5450. The average Bonchev–Trinajstić information content (AvgIpc) is 1.61. The third-order valence-corrected chi connectivity index (χ3v) is 26.9. The quantitative estimate of drug-likeness (QED) is 0.0357. The summed E-state index contributed by atoms with van der Waals surface area (Å²) in [5, 5.41) is 57.0. The molecule has 0 spiro atoms. The molecule has 10 aromatic rings. The molecule has 6 saturated carbocycles. The molecule has 5 amide bonds. The number of hydrogen-bond donors (Lipinski definition) is 10. The van der Waals surface area contributed by atoms with E-state index in [2.05, 4.69) is 117 Å². The third kappa shape index (κ3) is 16.1. The second-order valence-electron chi connectivity index (χ2n) is 37.3. The van der Waals surface area contributed by atoms with Crippen LogP contribution in [-0.2, 0) is 70.9 Å². The van der Waals surface area contributed by atoms with Gasteiger partial charge in [-0.05, 0) is 261 Å². The van der Waals surface area contributed by atoms with Gasteiger partial charge in [-0.1, -0.05) is 81.7 Å². The normalized spacial score (nSPS) is 26.6. The monoisotopic (exact) mass is 1680 g/mol. The first-order valence-corrected chi connectivity index (χ1v) is 41.9. The van der Waals surface area contributed by atoms with E-state index in [4.69, 9.17) is 30.3 Å². The van der Waals surface area contributed by atoms with E-state index in [9.17, 15) is 54.7 Å². The van der Waals surface area contributed by atoms with Crippen molar-refractivity contribution in [3.05, 3.63) is 148 Å². The van der Waals surface area contributed by atoms with E-state index in [1.165, 1.54) is 36.6 Å². The van der Waals surface area contributed by atoms with Crippen LogP contribution in [-0.4, -0.2) is 136 Å². The molecule has 6 aliphatic carbocycles. The summed E-state index contributed by atoms with van der Waals surface area (Å²) in [7, 11) is 0. The molecule has 15 atom stereocenters. The molecule has 10 heterocycles. The first-order valence-electron chi connectivity index (χ1n) is 41.6. The maximum absolute atomic E-state index is 13.7. The van der Waals surface area contributed by atoms with Crippen LogP contribution in [0.25, 0.3) is 54.7 Å². The number of carbonyl (C=O) groups is 5. The summed E-state index contributed by atoms with van der Waals surface area (Å²) in [6.45, 7) is 27.7. The van der Waals surface area contributed by atoms with Gasteiger partial charge in [0.2, 0.25) is 35.1 Å². The van der Waals surface area contributed by atoms with E-state index in [0.717, 1.165) is 105 Å². The molecule has 5 unspecified atom stereocenters. The molecule has 10 N–H and O–H groups in total. The largest absolute Gasteiger partial charge is 0.420 e. The molecule has 120 heavy (non-hydrogen) atoms. The van der Waals surface area contributed by atoms with Crippen LogP contribution in [0.3, 0.4) is 0 Å². The first kappa shape index (κ1) is 82.7. The van der Waals surface area contributed by atoms with Crippen LogP contribution in [0.5, 0.6) is 0 Å². The number of halogens is 8. The van der Waals surface area contributed by atoms with Crippen molar-refractivity contribution in [2.45, 2.75) is 135 Å². The van der Waals surface area contributed by atoms with E-state index >= 15 is 0 Å². The van der Waals surface area contributed by atoms with Gasteiger partial charge in [0.1, 0.15) is 29.2 Å². The lowest BCUT2D eigenvalue weighted by molar-refractivity contribution is -0.142. The molecule has 21 rings (SSSR count). The first-order chi connectivity index (χ1) is 56.9. The van der Waals surface area contributed by atoms with Crippen LogP contribution in [0.2, 0.25) is 5.02 Å². The van der Waals surface area contributed by atoms with Gasteiger partial charge in [-0.3, -0.25) is 33.3 Å². The summed E-state index contributed by atoms with van der Waals surface area (Å²) in [6.07, 6.45) is -6.27. The maximum Gasteiger partial charge on any atom is 0.420 e. The second-order valence-corrected chi connectivity index (χ2v) is 37.7. The van der Waals surface area contributed by atoms with Crippen LogP contribution < -0.4 is 53.2 Å². The van der Waals surface area contributed by atoms with Crippen molar-refractivity contribution in [2.24, 2.45) is 94.7 Å². The fourth-order valence-electron chi connectivity index (χ4n) is 19.8. The van der Waals surface area contributed by atoms with E-state index in [-0.39, 0.29) is 75.7 Å². The highest BCUT2D eigenvalue weighted by Gasteiger charge is 2.62. The van der Waals surface area contributed by atoms with Crippen molar-refractivity contribution in [1.82, 2.24) is 88.2 Å². The lowest BCUT2D eigenvalue weighted by Gasteiger charge is -2.25. The van der Waals surface area contributed by atoms with Crippen molar-refractivity contribution in [2.75, 3.05) is 65.4 Å². The number of nitrogens with zero attached hydrogens (tertiary/aromatic N) is 7. The van der Waals surface area contributed by atoms with Crippen molar-refractivity contribution in [1.29, 1.82) is 0 Å². The van der Waals surface area contributed by atoms with Gasteiger partial charge in [-0.15, -0.1) is 0 Å². The highest BCUT2D eigenvalue weighted by molar-refractivity contribution is 6.34. The predicted octanol–water partition coefficient (Wildman–Crippen LogP) is 11.4. The molecule has 0 radical (unpaired) electrons. The minimum Gasteiger partial charge on any atom is -0.355 e. The molecular formula is C87H101ClF7N17O8. The van der Waals surface area contributed by atoms with Gasteiger partial charge in [-0.2, -0.15) is 36.5 Å². The summed E-state index contributed by atoms with van der Waals surface area (Å²) < 4.78 is 110. The lowest BCUT2D eigenvalue weighted by atomic mass is 9.95. The predicted molar refractivity (Wildman–Crippen MR) is 433 cm³/mol. The van der Waals surface area contributed by atoms with Crippen LogP contribution in [0, 0.1) is 101 Å². The smallest absolute Gasteiger partial charge is 0.355 e. The second kappa shape index (κ2) is 30.8. The lowest BCUT2D eigenvalue weighted by Crippen LogP contribution is -2.43. The topological polar surface area (TPSA) is 319 Å². The van der Waals surface area contributed by atoms with Gasteiger partial charge in [0.15, 0.2) is 17.0 Å². The fraction of sp³-hybridized carbons (Fsp3) is 0.540. The average molecular weight is 1680 g/mol. The Morgan fingerprint density at radius 2 is 0.692 bits per heavy atom. The number of amides is 5. The zero-order valence-electron chi connectivity index (χ0n) is 68.4. The summed E-state index contributed by atoms with van der Waals surface area (Å²) in [5.41, 5.74) is 0.550. The van der Waals surface area contributed by atoms with E-state index in [1.807, 2.05) is 39.8 Å². The minimum absolute atomic E-state index is 0.000880. The molecule has 11 aliphatic rings. The Morgan fingerprint density at radius 1 is 0.392 bits per heavy atom. The molecule has 5 aliphatic heterocycles. The Morgan fingerprint density at radius 3 is 1.06 bits per heavy atom. The summed E-state index contributed by atoms with van der Waals surface area (Å²) >= 11 is 6.12. The Hall–Kier alpha value is -9.60. The summed E-state index contributed by atoms with van der Waals surface area (Å²) in [4.78, 5) is 62.9. The number of rotatable bonds is 18. The van der Waals surface area contributed by atoms with E-state index < -0.39 is 58.0 Å². The molecule has 5 aromatic carbocycles. The number of aromatic nitrogens is 7. The van der Waals surface area contributed by atoms with Crippen LogP contribution >= 0.6 is 11.6 Å². The van der Waals surface area contributed by atoms with Crippen LogP contribution in [0.4, 0.5) is 30.7 Å². The Balaban J connectivity index is 0.000000107. The SMILES string of the molecule is CC(C)(NC(=O)C1[C@H]2CNC[C@@H]12)c1nn(CC(F)(F)F)c2ccccc12.CC(C)(NC(=O)C1[C@H]2CNC[C@@H]12)c1nn(CC2CC2)c2ccccc12.CC(C)(NC(=O)C1[C@H]2CNC[C@@H]12)c1noc2c(C(F)(F)F)cccc12.CC(C)(NC(=O)C1[C@H]2CNC[C@@H]12)c1noc2c(Cl)cccc12.CC(C)(NC(=O)C1[C@H]2CNC[C@@H]12)c1noc2c(F)cccc12. The minimum atomic E-state index is -4.53. The maximum atomic E-state index is 13.7. The summed E-state index contributed by atoms with van der Waals surface area (Å²) in [6, 6.07) is 29.3. The van der Waals surface area contributed by atoms with E-state index in [0.29, 0.717) is 109 Å². The molecule has 5 aromatic heterocycles. The molecular weight excluding hydrogens is 1580 g/mol. The van der Waals surface area contributed by atoms with Gasteiger partial charge in [0, 0.05) is 57.7 Å². The number of carbonyl (C=O) groups excluding carboxylic acids is 5. The zero-order chi connectivity index (χ0) is 84.8. The number of nitrogens with one attached hydrogen (secondary N) is 10. The molecule has 11 fully saturated rings. The van der Waals surface area contributed by atoms with Gasteiger partial charge in [-0.25, -0.2) is 4.39 Å². The number of para-hydroxylation sites is 5. The van der Waals surface area contributed by atoms with Gasteiger partial charge in [0.25, 0.3) is 0 Å². The number of alkyl halides is 6. The fourth-order valence-corrected chi connectivity index (χ4v) is 20.0. The molecule has 25 nitrogen and oxygen atoms in total. The van der Waals surface area contributed by atoms with Crippen LogP contribution in [0.1, 0.15) is 116 Å². The molecule has 638 valence electrons. The zero-order valence-corrected chi connectivity index (χ0v) is 69.1. The third-order valence-electron chi connectivity index (χ3n) is 26.6. The summed E-state index contributed by atoms with van der Waals surface area (Å²) in [5.74, 6) is 5.46. The molecule has 5 saturated heterocycles. The number of piperidine rings is 5. The van der Waals surface area contributed by atoms with Gasteiger partial charge < -0.3 is 66.7 Å². The van der Waals surface area contributed by atoms with Crippen molar-refractivity contribution < 1.29 is 68.3 Å². The van der Waals surface area contributed by atoms with E-state index in [1.54, 1.807) is 70.2 Å². The highest BCUT2D eigenvalue weighted by Crippen LogP contribution is 2.54. The van der Waals surface area contributed by atoms with Crippen molar-refractivity contribution >= 4 is 95.9 Å².